The Morgan fingerprint density at radius 3 is 2.06 bits per heavy atom. The second-order valence-corrected chi connectivity index (χ2v) is 7.24. The molecule has 31 heavy (non-hydrogen) atoms. The van der Waals surface area contributed by atoms with E-state index in [1.54, 1.807) is 7.05 Å². The molecule has 0 heterocycles. The van der Waals surface area contributed by atoms with Crippen molar-refractivity contribution in [2.45, 2.75) is 19.4 Å². The fourth-order valence-electron chi connectivity index (χ4n) is 3.49. The number of amides is 1. The van der Waals surface area contributed by atoms with Gasteiger partial charge in [-0.15, -0.1) is 0 Å². The topological polar surface area (TPSA) is 65.5 Å². The van der Waals surface area contributed by atoms with Crippen molar-refractivity contribution in [3.05, 3.63) is 107 Å². The predicted molar refractivity (Wildman–Crippen MR) is 127 cm³/mol. The van der Waals surface area contributed by atoms with E-state index in [-0.39, 0.29) is 11.8 Å². The van der Waals surface area contributed by atoms with Crippen LogP contribution in [0.1, 0.15) is 39.9 Å². The molecule has 0 spiro atoms. The number of nitrogens with one attached hydrogen (secondary N) is 3. The lowest BCUT2D eigenvalue weighted by Crippen LogP contribution is -2.39. The number of hydrogen-bond donors (Lipinski definition) is 3. The fourth-order valence-corrected chi connectivity index (χ4v) is 3.49. The molecule has 5 nitrogen and oxygen atoms in total. The summed E-state index contributed by atoms with van der Waals surface area (Å²) in [7, 11) is 1.76. The molecular weight excluding hydrogens is 384 g/mol. The molecular formula is C26H30N4O. The lowest BCUT2D eigenvalue weighted by Gasteiger charge is -2.20. The minimum absolute atomic E-state index is 0.0552. The van der Waals surface area contributed by atoms with Crippen molar-refractivity contribution in [1.82, 2.24) is 16.0 Å². The Morgan fingerprint density at radius 1 is 0.839 bits per heavy atom. The monoisotopic (exact) mass is 414 g/mol. The summed E-state index contributed by atoms with van der Waals surface area (Å²) < 4.78 is 0. The minimum atomic E-state index is -0.0552. The van der Waals surface area contributed by atoms with Gasteiger partial charge in [-0.1, -0.05) is 72.8 Å². The second-order valence-electron chi connectivity index (χ2n) is 7.24. The number of benzene rings is 3. The molecule has 0 fully saturated rings. The summed E-state index contributed by atoms with van der Waals surface area (Å²) in [5.74, 6) is 0.878. The summed E-state index contributed by atoms with van der Waals surface area (Å²) in [5, 5.41) is 9.64. The van der Waals surface area contributed by atoms with Crippen molar-refractivity contribution in [1.29, 1.82) is 0 Å². The molecule has 160 valence electrons. The molecule has 5 heteroatoms. The van der Waals surface area contributed by atoms with Crippen molar-refractivity contribution in [2.75, 3.05) is 20.1 Å². The van der Waals surface area contributed by atoms with E-state index in [2.05, 4.69) is 69.5 Å². The first-order valence-corrected chi connectivity index (χ1v) is 10.6. The van der Waals surface area contributed by atoms with Crippen LogP contribution in [-0.2, 0) is 6.54 Å². The van der Waals surface area contributed by atoms with Gasteiger partial charge >= 0.3 is 0 Å². The highest BCUT2D eigenvalue weighted by molar-refractivity contribution is 5.94. The van der Waals surface area contributed by atoms with Crippen LogP contribution in [0.3, 0.4) is 0 Å². The minimum Gasteiger partial charge on any atom is -0.355 e. The molecule has 0 saturated heterocycles. The number of carbonyl (C=O) groups is 1. The maximum Gasteiger partial charge on any atom is 0.251 e. The van der Waals surface area contributed by atoms with E-state index >= 15 is 0 Å². The van der Waals surface area contributed by atoms with Gasteiger partial charge in [0.05, 0.1) is 0 Å². The Balaban J connectivity index is 1.64. The molecule has 3 N–H and O–H groups in total. The van der Waals surface area contributed by atoms with Crippen LogP contribution in [0.25, 0.3) is 0 Å². The first-order chi connectivity index (χ1) is 15.2. The van der Waals surface area contributed by atoms with Crippen molar-refractivity contribution < 1.29 is 4.79 Å². The molecule has 0 radical (unpaired) electrons. The summed E-state index contributed by atoms with van der Waals surface area (Å²) in [4.78, 5) is 16.4. The Morgan fingerprint density at radius 2 is 1.48 bits per heavy atom. The van der Waals surface area contributed by atoms with Gasteiger partial charge in [-0.3, -0.25) is 9.79 Å². The number of rotatable bonds is 8. The molecule has 0 saturated carbocycles. The highest BCUT2D eigenvalue weighted by atomic mass is 16.1. The van der Waals surface area contributed by atoms with E-state index < -0.39 is 0 Å². The van der Waals surface area contributed by atoms with Gasteiger partial charge in [0, 0.05) is 38.2 Å². The highest BCUT2D eigenvalue weighted by Crippen LogP contribution is 2.23. The van der Waals surface area contributed by atoms with E-state index in [1.807, 2.05) is 43.3 Å². The van der Waals surface area contributed by atoms with Crippen LogP contribution >= 0.6 is 0 Å². The summed E-state index contributed by atoms with van der Waals surface area (Å²) in [6.07, 6.45) is 0. The standard InChI is InChI=1S/C26H30N4O/c1-3-28-25(31)23-16-10-11-20(17-23)18-29-26(27-2)30-19-24(21-12-6-4-7-13-21)22-14-8-5-9-15-22/h4-17,24H,3,18-19H2,1-2H3,(H,28,31)(H2,27,29,30). The van der Waals surface area contributed by atoms with E-state index in [4.69, 9.17) is 0 Å². The zero-order chi connectivity index (χ0) is 21.9. The van der Waals surface area contributed by atoms with Gasteiger partial charge in [-0.2, -0.15) is 0 Å². The first-order valence-electron chi connectivity index (χ1n) is 10.6. The van der Waals surface area contributed by atoms with E-state index in [9.17, 15) is 4.79 Å². The fraction of sp³-hybridized carbons (Fsp3) is 0.231. The SMILES string of the molecule is CCNC(=O)c1cccc(CNC(=NC)NCC(c2ccccc2)c2ccccc2)c1. The average Bonchev–Trinajstić information content (AvgIpc) is 2.83. The van der Waals surface area contributed by atoms with Gasteiger partial charge in [-0.25, -0.2) is 0 Å². The zero-order valence-electron chi connectivity index (χ0n) is 18.1. The first kappa shape index (κ1) is 22.1. The summed E-state index contributed by atoms with van der Waals surface area (Å²) >= 11 is 0. The van der Waals surface area contributed by atoms with Crippen LogP contribution in [0.15, 0.2) is 89.9 Å². The summed E-state index contributed by atoms with van der Waals surface area (Å²) in [5.41, 5.74) is 4.20. The molecule has 0 unspecified atom stereocenters. The number of carbonyl (C=O) groups excluding carboxylic acids is 1. The molecule has 0 aliphatic rings. The quantitative estimate of drug-likeness (QED) is 0.386. The van der Waals surface area contributed by atoms with Gasteiger partial charge in [0.2, 0.25) is 0 Å². The van der Waals surface area contributed by atoms with Gasteiger partial charge in [0.25, 0.3) is 5.91 Å². The van der Waals surface area contributed by atoms with Gasteiger partial charge in [0.1, 0.15) is 0 Å². The Hall–Kier alpha value is -3.60. The predicted octanol–water partition coefficient (Wildman–Crippen LogP) is 3.93. The van der Waals surface area contributed by atoms with Gasteiger partial charge < -0.3 is 16.0 Å². The molecule has 0 atom stereocenters. The van der Waals surface area contributed by atoms with Crippen molar-refractivity contribution in [3.63, 3.8) is 0 Å². The number of hydrogen-bond acceptors (Lipinski definition) is 2. The third-order valence-corrected chi connectivity index (χ3v) is 5.09. The van der Waals surface area contributed by atoms with E-state index in [0.29, 0.717) is 25.2 Å². The average molecular weight is 415 g/mol. The molecule has 0 aromatic heterocycles. The molecule has 3 aromatic rings. The Bertz CT molecular complexity index is 947. The van der Waals surface area contributed by atoms with Crippen LogP contribution in [0.5, 0.6) is 0 Å². The molecule has 0 aliphatic heterocycles. The summed E-state index contributed by atoms with van der Waals surface area (Å²) in [6, 6.07) is 28.6. The molecule has 0 bridgehead atoms. The third-order valence-electron chi connectivity index (χ3n) is 5.09. The Kier molecular flexibility index (Phi) is 8.23. The van der Waals surface area contributed by atoms with Crippen LogP contribution < -0.4 is 16.0 Å². The van der Waals surface area contributed by atoms with Crippen LogP contribution in [-0.4, -0.2) is 32.0 Å². The largest absolute Gasteiger partial charge is 0.355 e. The van der Waals surface area contributed by atoms with Crippen molar-refractivity contribution in [2.24, 2.45) is 4.99 Å². The van der Waals surface area contributed by atoms with Crippen molar-refractivity contribution >= 4 is 11.9 Å². The number of guanidine groups is 1. The van der Waals surface area contributed by atoms with E-state index in [1.165, 1.54) is 11.1 Å². The van der Waals surface area contributed by atoms with Gasteiger partial charge in [-0.05, 0) is 35.7 Å². The van der Waals surface area contributed by atoms with Crippen LogP contribution in [0.4, 0.5) is 0 Å². The van der Waals surface area contributed by atoms with E-state index in [0.717, 1.165) is 11.5 Å². The normalized spacial score (nSPS) is 11.3. The Labute approximate surface area is 184 Å². The lowest BCUT2D eigenvalue weighted by molar-refractivity contribution is 0.0955. The second kappa shape index (κ2) is 11.6. The van der Waals surface area contributed by atoms with Crippen LogP contribution in [0.2, 0.25) is 0 Å². The number of aliphatic imine (C=N–C) groups is 1. The molecule has 3 aromatic carbocycles. The smallest absolute Gasteiger partial charge is 0.251 e. The molecule has 1 amide bonds. The van der Waals surface area contributed by atoms with Crippen molar-refractivity contribution in [3.8, 4) is 0 Å². The summed E-state index contributed by atoms with van der Waals surface area (Å²) in [6.45, 7) is 3.82. The third kappa shape index (κ3) is 6.44. The molecule has 3 rings (SSSR count). The maximum absolute atomic E-state index is 12.1. The molecule has 0 aliphatic carbocycles. The lowest BCUT2D eigenvalue weighted by atomic mass is 9.91. The van der Waals surface area contributed by atoms with Crippen LogP contribution in [0, 0.1) is 0 Å². The maximum atomic E-state index is 12.1. The van der Waals surface area contributed by atoms with Gasteiger partial charge in [0.15, 0.2) is 5.96 Å². The number of nitrogens with zero attached hydrogens (tertiary/aromatic N) is 1. The highest BCUT2D eigenvalue weighted by Gasteiger charge is 2.14. The zero-order valence-corrected chi connectivity index (χ0v) is 18.1.